The first kappa shape index (κ1) is 28.3. The van der Waals surface area contributed by atoms with Gasteiger partial charge in [0.05, 0.1) is 25.4 Å². The highest BCUT2D eigenvalue weighted by molar-refractivity contribution is 14.0. The topological polar surface area (TPSA) is 49.3 Å². The van der Waals surface area contributed by atoms with Gasteiger partial charge in [0.2, 0.25) is 0 Å². The van der Waals surface area contributed by atoms with E-state index in [0.717, 1.165) is 77.7 Å². The predicted octanol–water partition coefficient (Wildman–Crippen LogP) is 4.66. The van der Waals surface area contributed by atoms with Crippen LogP contribution in [0.15, 0.2) is 29.3 Å². The Bertz CT molecular complexity index is 685. The van der Waals surface area contributed by atoms with E-state index in [1.165, 1.54) is 24.0 Å². The molecular formula is C26H45IN4O2. The number of hydrogen-bond acceptors (Lipinski definition) is 4. The van der Waals surface area contributed by atoms with Gasteiger partial charge in [-0.25, -0.2) is 4.99 Å². The minimum absolute atomic E-state index is 0. The molecule has 2 aliphatic heterocycles. The zero-order valence-corrected chi connectivity index (χ0v) is 23.3. The van der Waals surface area contributed by atoms with Crippen LogP contribution in [0.4, 0.5) is 0 Å². The number of nitrogens with one attached hydrogen (secondary N) is 1. The Labute approximate surface area is 218 Å². The predicted molar refractivity (Wildman–Crippen MR) is 147 cm³/mol. The van der Waals surface area contributed by atoms with E-state index in [4.69, 9.17) is 14.5 Å². The number of hydrogen-bond donors (Lipinski definition) is 1. The summed E-state index contributed by atoms with van der Waals surface area (Å²) in [5.74, 6) is 1.02. The van der Waals surface area contributed by atoms with Crippen molar-refractivity contribution in [3.63, 3.8) is 0 Å². The molecule has 1 aromatic rings. The summed E-state index contributed by atoms with van der Waals surface area (Å²) in [4.78, 5) is 9.80. The van der Waals surface area contributed by atoms with Crippen molar-refractivity contribution in [3.05, 3.63) is 35.4 Å². The van der Waals surface area contributed by atoms with E-state index < -0.39 is 0 Å². The summed E-state index contributed by atoms with van der Waals surface area (Å²) in [6.45, 7) is 15.0. The largest absolute Gasteiger partial charge is 0.376 e. The number of aliphatic imine (C=N–C) groups is 1. The zero-order valence-electron chi connectivity index (χ0n) is 20.9. The van der Waals surface area contributed by atoms with Crippen molar-refractivity contribution >= 4 is 29.9 Å². The molecule has 0 saturated carbocycles. The Morgan fingerprint density at radius 2 is 1.88 bits per heavy atom. The number of halogens is 1. The number of ether oxygens (including phenoxy) is 2. The van der Waals surface area contributed by atoms with E-state index in [0.29, 0.717) is 18.8 Å². The molecule has 3 rings (SSSR count). The molecule has 0 radical (unpaired) electrons. The molecule has 0 aromatic heterocycles. The second-order valence-electron chi connectivity index (χ2n) is 8.96. The summed E-state index contributed by atoms with van der Waals surface area (Å²) < 4.78 is 12.0. The van der Waals surface area contributed by atoms with Gasteiger partial charge in [-0.05, 0) is 63.2 Å². The van der Waals surface area contributed by atoms with Crippen LogP contribution in [0.2, 0.25) is 0 Å². The van der Waals surface area contributed by atoms with Crippen LogP contribution in [0.3, 0.4) is 0 Å². The second kappa shape index (κ2) is 15.9. The standard InChI is InChI=1S/C26H44N4O2.HI/c1-4-27-26(28-19-22-10-9-11-23(18-22)20-29(5-2)6-3)30-15-13-24(14-16-30)32-21-25-12-7-8-17-31-25;/h9-11,18,24-25H,4-8,12-17,19-21H2,1-3H3,(H,27,28);1H. The van der Waals surface area contributed by atoms with E-state index in [9.17, 15) is 0 Å². The lowest BCUT2D eigenvalue weighted by Crippen LogP contribution is -2.47. The summed E-state index contributed by atoms with van der Waals surface area (Å²) >= 11 is 0. The summed E-state index contributed by atoms with van der Waals surface area (Å²) in [5, 5.41) is 3.49. The minimum Gasteiger partial charge on any atom is -0.376 e. The third kappa shape index (κ3) is 9.70. The van der Waals surface area contributed by atoms with Gasteiger partial charge >= 0.3 is 0 Å². The molecule has 0 aliphatic carbocycles. The smallest absolute Gasteiger partial charge is 0.194 e. The van der Waals surface area contributed by atoms with E-state index in [1.54, 1.807) is 0 Å². The lowest BCUT2D eigenvalue weighted by atomic mass is 10.1. The first-order chi connectivity index (χ1) is 15.7. The molecule has 2 fully saturated rings. The number of benzene rings is 1. The van der Waals surface area contributed by atoms with Crippen LogP contribution in [-0.2, 0) is 22.6 Å². The van der Waals surface area contributed by atoms with Gasteiger partial charge in [0.25, 0.3) is 0 Å². The first-order valence-corrected chi connectivity index (χ1v) is 12.8. The summed E-state index contributed by atoms with van der Waals surface area (Å²) in [7, 11) is 0. The lowest BCUT2D eigenvalue weighted by molar-refractivity contribution is -0.0721. The van der Waals surface area contributed by atoms with Crippen molar-refractivity contribution in [3.8, 4) is 0 Å². The molecule has 1 N–H and O–H groups in total. The number of nitrogens with zero attached hydrogens (tertiary/aromatic N) is 3. The third-order valence-corrected chi connectivity index (χ3v) is 6.57. The van der Waals surface area contributed by atoms with Gasteiger partial charge in [-0.2, -0.15) is 0 Å². The average Bonchev–Trinajstić information content (AvgIpc) is 2.85. The number of likely N-dealkylation sites (tertiary alicyclic amines) is 1. The van der Waals surface area contributed by atoms with E-state index >= 15 is 0 Å². The molecule has 2 aliphatic rings. The highest BCUT2D eigenvalue weighted by atomic mass is 127. The van der Waals surface area contributed by atoms with Crippen LogP contribution < -0.4 is 5.32 Å². The first-order valence-electron chi connectivity index (χ1n) is 12.8. The SMILES string of the molecule is CCNC(=NCc1cccc(CN(CC)CC)c1)N1CCC(OCC2CCCCO2)CC1.I. The van der Waals surface area contributed by atoms with Gasteiger partial charge in [0.1, 0.15) is 0 Å². The van der Waals surface area contributed by atoms with E-state index in [1.807, 2.05) is 0 Å². The van der Waals surface area contributed by atoms with Crippen LogP contribution in [0.5, 0.6) is 0 Å². The maximum absolute atomic E-state index is 6.19. The lowest BCUT2D eigenvalue weighted by Gasteiger charge is -2.35. The van der Waals surface area contributed by atoms with Gasteiger partial charge in [0, 0.05) is 32.8 Å². The summed E-state index contributed by atoms with van der Waals surface area (Å²) in [5.41, 5.74) is 2.64. The fourth-order valence-electron chi connectivity index (χ4n) is 4.54. The molecule has 1 aromatic carbocycles. The maximum Gasteiger partial charge on any atom is 0.194 e. The molecule has 6 nitrogen and oxygen atoms in total. The maximum atomic E-state index is 6.19. The molecule has 0 spiro atoms. The van der Waals surface area contributed by atoms with E-state index in [2.05, 4.69) is 60.2 Å². The Morgan fingerprint density at radius 3 is 2.55 bits per heavy atom. The Balaban J connectivity index is 0.00000385. The van der Waals surface area contributed by atoms with Crippen LogP contribution in [-0.4, -0.2) is 73.9 Å². The van der Waals surface area contributed by atoms with Crippen molar-refractivity contribution in [2.45, 2.75) is 78.2 Å². The Morgan fingerprint density at radius 1 is 1.12 bits per heavy atom. The van der Waals surface area contributed by atoms with Gasteiger partial charge in [-0.15, -0.1) is 24.0 Å². The highest BCUT2D eigenvalue weighted by Gasteiger charge is 2.23. The molecule has 2 heterocycles. The summed E-state index contributed by atoms with van der Waals surface area (Å²) in [6.07, 6.45) is 6.36. The van der Waals surface area contributed by atoms with Crippen molar-refractivity contribution in [1.29, 1.82) is 0 Å². The van der Waals surface area contributed by atoms with Crippen molar-refractivity contribution in [2.75, 3.05) is 45.9 Å². The van der Waals surface area contributed by atoms with Crippen LogP contribution in [0.1, 0.15) is 64.0 Å². The zero-order chi connectivity index (χ0) is 22.6. The molecular weight excluding hydrogens is 527 g/mol. The normalized spacial score (nSPS) is 20.1. The fraction of sp³-hybridized carbons (Fsp3) is 0.731. The molecule has 1 unspecified atom stereocenters. The average molecular weight is 573 g/mol. The van der Waals surface area contributed by atoms with E-state index in [-0.39, 0.29) is 24.0 Å². The summed E-state index contributed by atoms with van der Waals surface area (Å²) in [6, 6.07) is 8.88. The third-order valence-electron chi connectivity index (χ3n) is 6.57. The molecule has 0 bridgehead atoms. The van der Waals surface area contributed by atoms with Gasteiger partial charge in [-0.1, -0.05) is 38.1 Å². The minimum atomic E-state index is 0. The number of rotatable bonds is 10. The van der Waals surface area contributed by atoms with Crippen LogP contribution in [0.25, 0.3) is 0 Å². The van der Waals surface area contributed by atoms with Crippen LogP contribution in [0, 0.1) is 0 Å². The molecule has 188 valence electrons. The van der Waals surface area contributed by atoms with Crippen molar-refractivity contribution in [2.24, 2.45) is 4.99 Å². The van der Waals surface area contributed by atoms with Crippen LogP contribution >= 0.6 is 24.0 Å². The number of guanidine groups is 1. The molecule has 0 amide bonds. The van der Waals surface area contributed by atoms with Crippen molar-refractivity contribution < 1.29 is 9.47 Å². The Kier molecular flexibility index (Phi) is 13.7. The molecule has 1 atom stereocenters. The highest BCUT2D eigenvalue weighted by Crippen LogP contribution is 2.18. The number of piperidine rings is 1. The second-order valence-corrected chi connectivity index (χ2v) is 8.96. The quantitative estimate of drug-likeness (QED) is 0.251. The fourth-order valence-corrected chi connectivity index (χ4v) is 4.54. The van der Waals surface area contributed by atoms with Crippen molar-refractivity contribution in [1.82, 2.24) is 15.1 Å². The molecule has 2 saturated heterocycles. The van der Waals surface area contributed by atoms with Gasteiger partial charge in [-0.3, -0.25) is 4.90 Å². The monoisotopic (exact) mass is 572 g/mol. The van der Waals surface area contributed by atoms with Gasteiger partial charge < -0.3 is 19.7 Å². The van der Waals surface area contributed by atoms with Gasteiger partial charge in [0.15, 0.2) is 5.96 Å². The Hall–Kier alpha value is -0.900. The molecule has 7 heteroatoms. The molecule has 33 heavy (non-hydrogen) atoms.